The number of anilines is 6. The minimum atomic E-state index is -0.748. The molecule has 0 aliphatic carbocycles. The summed E-state index contributed by atoms with van der Waals surface area (Å²) in [6, 6.07) is 31.7. The molecule has 0 aliphatic rings. The smallest absolute Gasteiger partial charge is 0.413 e. The van der Waals surface area contributed by atoms with E-state index in [0.717, 1.165) is 5.56 Å². The van der Waals surface area contributed by atoms with Gasteiger partial charge in [0.2, 0.25) is 0 Å². The average molecular weight is 760 g/mol. The van der Waals surface area contributed by atoms with Crippen molar-refractivity contribution in [2.45, 2.75) is 6.61 Å². The van der Waals surface area contributed by atoms with Crippen molar-refractivity contribution in [2.75, 3.05) is 32.3 Å². The lowest BCUT2D eigenvalue weighted by atomic mass is 10.2. The van der Waals surface area contributed by atoms with Gasteiger partial charge in [-0.15, -0.1) is 0 Å². The number of hydrogen-bond acceptors (Lipinski definition) is 12. The summed E-state index contributed by atoms with van der Waals surface area (Å²) in [6.07, 6.45) is -0.748. The monoisotopic (exact) mass is 759 g/mol. The van der Waals surface area contributed by atoms with Crippen molar-refractivity contribution in [3.8, 4) is 0 Å². The van der Waals surface area contributed by atoms with E-state index < -0.39 is 29.7 Å². The van der Waals surface area contributed by atoms with Crippen LogP contribution in [0, 0.1) is 0 Å². The van der Waals surface area contributed by atoms with Crippen molar-refractivity contribution in [2.24, 2.45) is 0 Å². The third-order valence-electron chi connectivity index (χ3n) is 7.11. The number of pyridine rings is 5. The first-order valence-electron chi connectivity index (χ1n) is 16.0. The molecular weight excluding hydrogens is 726 g/mol. The molecule has 19 heteroatoms. The molecule has 19 nitrogen and oxygen atoms in total. The lowest BCUT2D eigenvalue weighted by Crippen LogP contribution is -2.20. The highest BCUT2D eigenvalue weighted by Crippen LogP contribution is 2.15. The molecule has 0 saturated heterocycles. The second-order valence-corrected chi connectivity index (χ2v) is 11.1. The van der Waals surface area contributed by atoms with Gasteiger partial charge in [-0.05, 0) is 66.2 Å². The highest BCUT2D eigenvalue weighted by atomic mass is 16.5. The van der Waals surface area contributed by atoms with E-state index in [1.54, 1.807) is 18.2 Å². The van der Waals surface area contributed by atoms with Crippen LogP contribution < -0.4 is 32.3 Å². The molecule has 0 aliphatic heterocycles. The maximum atomic E-state index is 13.1. The van der Waals surface area contributed by atoms with Gasteiger partial charge in [0.1, 0.15) is 64.3 Å². The van der Waals surface area contributed by atoms with Crippen LogP contribution in [0.5, 0.6) is 0 Å². The molecule has 0 atom stereocenters. The van der Waals surface area contributed by atoms with Crippen molar-refractivity contribution in [1.29, 1.82) is 0 Å². The van der Waals surface area contributed by atoms with Crippen LogP contribution in [0.15, 0.2) is 121 Å². The Morgan fingerprint density at radius 1 is 0.429 bits per heavy atom. The van der Waals surface area contributed by atoms with Crippen LogP contribution in [0.4, 0.5) is 39.7 Å². The quantitative estimate of drug-likeness (QED) is 0.111. The van der Waals surface area contributed by atoms with Crippen molar-refractivity contribution in [1.82, 2.24) is 24.9 Å². The Balaban J connectivity index is 0.00000348. The Bertz CT molecular complexity index is 2360. The summed E-state index contributed by atoms with van der Waals surface area (Å²) in [4.78, 5) is 84.7. The second kappa shape index (κ2) is 19.1. The molecule has 5 heterocycles. The Kier molecular flexibility index (Phi) is 13.8. The molecule has 5 aromatic heterocycles. The maximum absolute atomic E-state index is 13.1. The zero-order valence-electron chi connectivity index (χ0n) is 29.0. The third kappa shape index (κ3) is 11.2. The van der Waals surface area contributed by atoms with Crippen LogP contribution in [0.3, 0.4) is 0 Å². The SMILES string of the molecule is Nc1cccc(NC(=O)c2cccc(NC(=O)c3cccc(NC(=O)c4cccc(NC(=O)c5cccc(NC(=O)OCc6ccccc6)n5)n4)n3)n2)n1.O.O. The van der Waals surface area contributed by atoms with Gasteiger partial charge in [0.15, 0.2) is 0 Å². The van der Waals surface area contributed by atoms with Crippen LogP contribution in [-0.4, -0.2) is 65.6 Å². The summed E-state index contributed by atoms with van der Waals surface area (Å²) in [5.41, 5.74) is 6.31. The topological polar surface area (TPSA) is 308 Å². The van der Waals surface area contributed by atoms with Crippen molar-refractivity contribution in [3.63, 3.8) is 0 Å². The molecule has 284 valence electrons. The number of benzene rings is 1. The number of nitrogens with zero attached hydrogens (tertiary/aromatic N) is 5. The number of carbonyl (C=O) groups excluding carboxylic acids is 5. The molecule has 0 radical (unpaired) electrons. The first-order valence-corrected chi connectivity index (χ1v) is 16.0. The standard InChI is InChI=1S/C37H29N11O6.2H2O/c38-27-15-8-20-32(43-27)47-36(52)25-13-6-18-30(41-25)45-34(50)23-11-4-16-28(39-23)44-33(49)24-12-5-17-29(40-24)46-35(51)26-14-7-19-31(42-26)48-37(53)54-21-22-9-2-1-3-10-22;;/h1-20H,21H2,(H,39,44,49)(H,40,46,51)(H,41,45,50)(H,42,48,53)(H3,38,43,47,52);2*1H2. The predicted octanol–water partition coefficient (Wildman–Crippen LogP) is 3.35. The van der Waals surface area contributed by atoms with E-state index in [2.05, 4.69) is 51.5 Å². The number of aromatic nitrogens is 5. The second-order valence-electron chi connectivity index (χ2n) is 11.1. The molecule has 0 unspecified atom stereocenters. The number of nitrogens with one attached hydrogen (secondary N) is 5. The summed E-state index contributed by atoms with van der Waals surface area (Å²) in [5, 5.41) is 12.8. The van der Waals surface area contributed by atoms with E-state index in [1.807, 2.05) is 30.3 Å². The van der Waals surface area contributed by atoms with E-state index in [0.29, 0.717) is 0 Å². The van der Waals surface area contributed by atoms with Gasteiger partial charge in [-0.2, -0.15) is 0 Å². The normalized spacial score (nSPS) is 10.0. The molecule has 6 rings (SSSR count). The Hall–Kier alpha value is -8.16. The van der Waals surface area contributed by atoms with Crippen LogP contribution in [0.2, 0.25) is 0 Å². The largest absolute Gasteiger partial charge is 0.444 e. The van der Waals surface area contributed by atoms with Crippen LogP contribution >= 0.6 is 0 Å². The molecule has 0 bridgehead atoms. The highest BCUT2D eigenvalue weighted by molar-refractivity contribution is 6.06. The highest BCUT2D eigenvalue weighted by Gasteiger charge is 2.16. The van der Waals surface area contributed by atoms with Crippen LogP contribution in [0.25, 0.3) is 0 Å². The first-order chi connectivity index (χ1) is 26.2. The van der Waals surface area contributed by atoms with Crippen molar-refractivity contribution >= 4 is 64.6 Å². The third-order valence-corrected chi connectivity index (χ3v) is 7.11. The minimum absolute atomic E-state index is 0. The van der Waals surface area contributed by atoms with Crippen LogP contribution in [0.1, 0.15) is 47.5 Å². The fourth-order valence-corrected chi connectivity index (χ4v) is 4.63. The molecule has 0 fully saturated rings. The van der Waals surface area contributed by atoms with Gasteiger partial charge in [0.25, 0.3) is 23.6 Å². The fourth-order valence-electron chi connectivity index (χ4n) is 4.63. The molecule has 5 amide bonds. The Morgan fingerprint density at radius 2 is 0.768 bits per heavy atom. The van der Waals surface area contributed by atoms with Gasteiger partial charge in [0.05, 0.1) is 0 Å². The summed E-state index contributed by atoms with van der Waals surface area (Å²) >= 11 is 0. The van der Waals surface area contributed by atoms with E-state index in [1.165, 1.54) is 72.8 Å². The molecule has 0 spiro atoms. The van der Waals surface area contributed by atoms with E-state index in [-0.39, 0.29) is 75.2 Å². The van der Waals surface area contributed by atoms with Gasteiger partial charge in [-0.25, -0.2) is 29.7 Å². The lowest BCUT2D eigenvalue weighted by molar-refractivity contribution is 0.100. The van der Waals surface area contributed by atoms with Gasteiger partial charge in [-0.3, -0.25) is 24.5 Å². The summed E-state index contributed by atoms with van der Waals surface area (Å²) in [5.74, 6) is -1.84. The number of amides is 5. The van der Waals surface area contributed by atoms with E-state index >= 15 is 0 Å². The summed E-state index contributed by atoms with van der Waals surface area (Å²) < 4.78 is 5.20. The summed E-state index contributed by atoms with van der Waals surface area (Å²) in [6.45, 7) is 0.0558. The molecular formula is C37H33N11O8. The lowest BCUT2D eigenvalue weighted by Gasteiger charge is -2.10. The number of rotatable bonds is 11. The van der Waals surface area contributed by atoms with Crippen molar-refractivity contribution < 1.29 is 39.7 Å². The molecule has 11 N–H and O–H groups in total. The average Bonchev–Trinajstić information content (AvgIpc) is 3.18. The number of hydrogen-bond donors (Lipinski definition) is 6. The maximum Gasteiger partial charge on any atom is 0.413 e. The Morgan fingerprint density at radius 3 is 1.14 bits per heavy atom. The Labute approximate surface area is 317 Å². The molecule has 6 aromatic rings. The first kappa shape index (κ1) is 40.6. The van der Waals surface area contributed by atoms with E-state index in [4.69, 9.17) is 10.5 Å². The summed E-state index contributed by atoms with van der Waals surface area (Å²) in [7, 11) is 0. The predicted molar refractivity (Wildman–Crippen MR) is 205 cm³/mol. The van der Waals surface area contributed by atoms with Gasteiger partial charge in [-0.1, -0.05) is 60.7 Å². The minimum Gasteiger partial charge on any atom is -0.444 e. The zero-order valence-corrected chi connectivity index (χ0v) is 29.0. The zero-order chi connectivity index (χ0) is 37.9. The molecule has 56 heavy (non-hydrogen) atoms. The number of carbonyl (C=O) groups is 5. The fraction of sp³-hybridized carbons (Fsp3) is 0.0270. The number of nitrogens with two attached hydrogens (primary N) is 1. The van der Waals surface area contributed by atoms with Gasteiger partial charge >= 0.3 is 6.09 Å². The van der Waals surface area contributed by atoms with Crippen LogP contribution in [-0.2, 0) is 11.3 Å². The number of nitrogen functional groups attached to an aromatic ring is 1. The van der Waals surface area contributed by atoms with E-state index in [9.17, 15) is 24.0 Å². The van der Waals surface area contributed by atoms with Gasteiger partial charge < -0.3 is 42.7 Å². The van der Waals surface area contributed by atoms with Crippen molar-refractivity contribution in [3.05, 3.63) is 150 Å². The van der Waals surface area contributed by atoms with Gasteiger partial charge in [0, 0.05) is 0 Å². The molecule has 1 aromatic carbocycles. The molecule has 0 saturated carbocycles. The number of ether oxygens (including phenoxy) is 1.